The van der Waals surface area contributed by atoms with Crippen LogP contribution in [-0.4, -0.2) is 299 Å². The molecule has 0 aromatic carbocycles. The van der Waals surface area contributed by atoms with Gasteiger partial charge < -0.3 is 139 Å². The second-order valence-corrected chi connectivity index (χ2v) is 26.7. The first-order chi connectivity index (χ1) is 40.3. The summed E-state index contributed by atoms with van der Waals surface area (Å²) in [5.41, 5.74) is -0.973. The Kier molecular flexibility index (Phi) is 19.3. The first-order valence-electron chi connectivity index (χ1n) is 30.3. The van der Waals surface area contributed by atoms with Gasteiger partial charge in [0.2, 0.25) is 0 Å². The highest BCUT2D eigenvalue weighted by atomic mass is 16.8. The molecule has 488 valence electrons. The zero-order valence-corrected chi connectivity index (χ0v) is 48.0. The van der Waals surface area contributed by atoms with Crippen molar-refractivity contribution in [2.45, 2.75) is 251 Å². The monoisotopic (exact) mass is 1230 g/mol. The van der Waals surface area contributed by atoms with Crippen LogP contribution in [0.5, 0.6) is 0 Å². The third-order valence-corrected chi connectivity index (χ3v) is 22.1. The van der Waals surface area contributed by atoms with Gasteiger partial charge in [0, 0.05) is 36.0 Å². The molecule has 4 saturated carbocycles. The molecule has 11 rings (SSSR count). The smallest absolute Gasteiger partial charge is 0.187 e. The number of aliphatic hydroxyl groups is 16. The van der Waals surface area contributed by atoms with Gasteiger partial charge in [-0.05, 0) is 67.6 Å². The van der Waals surface area contributed by atoms with Crippen LogP contribution in [0.3, 0.4) is 0 Å². The van der Waals surface area contributed by atoms with Crippen molar-refractivity contribution in [3.8, 4) is 0 Å². The summed E-state index contributed by atoms with van der Waals surface area (Å²) in [5.74, 6) is -1.06. The molecule has 1 spiro atoms. The maximum atomic E-state index is 15.0. The summed E-state index contributed by atoms with van der Waals surface area (Å²) in [6.07, 6.45) is -37.8. The average molecular weight is 1230 g/mol. The molecular formula is C56H90O29. The van der Waals surface area contributed by atoms with E-state index in [9.17, 15) is 81.7 Å². The Balaban J connectivity index is 0.744. The van der Waals surface area contributed by atoms with Gasteiger partial charge in [-0.1, -0.05) is 27.7 Å². The summed E-state index contributed by atoms with van der Waals surface area (Å²) in [4.78, 5) is 15.0. The van der Waals surface area contributed by atoms with E-state index in [4.69, 9.17) is 56.8 Å². The second kappa shape index (κ2) is 25.2. The lowest BCUT2D eigenvalue weighted by molar-refractivity contribution is -0.404. The molecule has 7 heterocycles. The highest BCUT2D eigenvalue weighted by Crippen LogP contribution is 2.70. The van der Waals surface area contributed by atoms with Gasteiger partial charge in [-0.25, -0.2) is 0 Å². The van der Waals surface area contributed by atoms with Crippen LogP contribution < -0.4 is 0 Å². The minimum atomic E-state index is -2.04. The first-order valence-corrected chi connectivity index (χ1v) is 30.3. The minimum Gasteiger partial charge on any atom is -0.394 e. The molecule has 11 aliphatic rings. The van der Waals surface area contributed by atoms with E-state index in [0.717, 1.165) is 12.8 Å². The molecule has 29 heteroatoms. The molecule has 29 nitrogen and oxygen atoms in total. The molecule has 16 N–H and O–H groups in total. The fourth-order valence-electron chi connectivity index (χ4n) is 17.1. The van der Waals surface area contributed by atoms with E-state index in [-0.39, 0.29) is 71.8 Å². The predicted molar refractivity (Wildman–Crippen MR) is 277 cm³/mol. The van der Waals surface area contributed by atoms with E-state index in [2.05, 4.69) is 20.8 Å². The third kappa shape index (κ3) is 11.2. The molecule has 7 aliphatic heterocycles. The quantitative estimate of drug-likeness (QED) is 0.0720. The van der Waals surface area contributed by atoms with Crippen molar-refractivity contribution in [3.63, 3.8) is 0 Å². The van der Waals surface area contributed by atoms with Gasteiger partial charge in [-0.3, -0.25) is 4.79 Å². The van der Waals surface area contributed by atoms with Crippen LogP contribution in [-0.2, 0) is 61.6 Å². The maximum absolute atomic E-state index is 15.0. The number of carbonyl (C=O) groups is 1. The standard InChI is InChI=1S/C56H90O29/c1-19-17-75-56(12-28(19)77-51-43(71)39(67)36(64)29(13-57)78-51)20(2)34-27(85-56)10-25-23-6-5-21-9-22(7-8-54(21,3)24(23)11-33(62)55(25,34)4)76-50-45(73)41(69)46(32(16-60)81-50)82-53-48(84-52-44(72)40(68)37(65)30(14-58)79-52)47(38(66)31(15-59)80-53)83-49-42(70)35(63)26(61)18-74-49/h19-32,34-53,57-61,63-73H,5-18H2,1-4H3/t19-,20+,21+,22+,23-,24+,25+,26-,27+,28+,29-,30-,31-,32-,34+,35+,36-,37-,38-,39+,40+,41-,42-,43-,44-,45-,46+,47+,48-,49+,50-,51-,52+,53+,54+,55-,56-/m1/s1. The molecular weight excluding hydrogens is 1140 g/mol. The fraction of sp³-hybridized carbons (Fsp3) is 0.982. The van der Waals surface area contributed by atoms with E-state index in [0.29, 0.717) is 32.1 Å². The van der Waals surface area contributed by atoms with Crippen LogP contribution >= 0.6 is 0 Å². The Bertz CT molecular complexity index is 2270. The molecule has 0 aromatic heterocycles. The van der Waals surface area contributed by atoms with Crippen LogP contribution in [0.15, 0.2) is 0 Å². The van der Waals surface area contributed by atoms with E-state index in [1.807, 2.05) is 6.92 Å². The topological polar surface area (TPSA) is 452 Å². The van der Waals surface area contributed by atoms with Crippen LogP contribution in [0.4, 0.5) is 0 Å². The average Bonchev–Trinajstić information content (AvgIpc) is 1.62. The second-order valence-electron chi connectivity index (χ2n) is 26.7. The number of hydrogen-bond donors (Lipinski definition) is 16. The van der Waals surface area contributed by atoms with Gasteiger partial charge in [0.25, 0.3) is 0 Å². The molecule has 0 bridgehead atoms. The zero-order chi connectivity index (χ0) is 61.1. The Morgan fingerprint density at radius 1 is 0.529 bits per heavy atom. The number of ether oxygens (including phenoxy) is 12. The largest absolute Gasteiger partial charge is 0.394 e. The van der Waals surface area contributed by atoms with Crippen molar-refractivity contribution < 1.29 is 143 Å². The van der Waals surface area contributed by atoms with E-state index < -0.39 is 204 Å². The molecule has 7 saturated heterocycles. The lowest BCUT2D eigenvalue weighted by Crippen LogP contribution is -2.68. The van der Waals surface area contributed by atoms with Crippen molar-refractivity contribution in [3.05, 3.63) is 0 Å². The summed E-state index contributed by atoms with van der Waals surface area (Å²) >= 11 is 0. The molecule has 11 fully saturated rings. The van der Waals surface area contributed by atoms with Crippen molar-refractivity contribution in [2.24, 2.45) is 52.3 Å². The van der Waals surface area contributed by atoms with Gasteiger partial charge >= 0.3 is 0 Å². The van der Waals surface area contributed by atoms with Crippen LogP contribution in [0.25, 0.3) is 0 Å². The third-order valence-electron chi connectivity index (χ3n) is 22.1. The van der Waals surface area contributed by atoms with Crippen molar-refractivity contribution in [2.75, 3.05) is 39.6 Å². The van der Waals surface area contributed by atoms with Crippen LogP contribution in [0, 0.1) is 52.3 Å². The molecule has 0 unspecified atom stereocenters. The minimum absolute atomic E-state index is 0.0382. The molecule has 85 heavy (non-hydrogen) atoms. The summed E-state index contributed by atoms with van der Waals surface area (Å²) < 4.78 is 73.4. The zero-order valence-electron chi connectivity index (χ0n) is 48.0. The lowest BCUT2D eigenvalue weighted by Gasteiger charge is -2.61. The maximum Gasteiger partial charge on any atom is 0.187 e. The molecule has 0 amide bonds. The highest BCUT2D eigenvalue weighted by Gasteiger charge is 2.73. The molecule has 0 aromatic rings. The summed E-state index contributed by atoms with van der Waals surface area (Å²) in [7, 11) is 0. The number of rotatable bonds is 14. The Morgan fingerprint density at radius 2 is 1.08 bits per heavy atom. The van der Waals surface area contributed by atoms with Crippen LogP contribution in [0.1, 0.15) is 79.1 Å². The number of fused-ring (bicyclic) bond motifs is 7. The van der Waals surface area contributed by atoms with Gasteiger partial charge in [0.05, 0.1) is 58.0 Å². The van der Waals surface area contributed by atoms with Gasteiger partial charge in [-0.15, -0.1) is 0 Å². The highest BCUT2D eigenvalue weighted by molar-refractivity contribution is 5.87. The first kappa shape index (κ1) is 65.1. The molecule has 4 aliphatic carbocycles. The number of hydrogen-bond acceptors (Lipinski definition) is 29. The lowest BCUT2D eigenvalue weighted by atomic mass is 9.44. The van der Waals surface area contributed by atoms with Gasteiger partial charge in [-0.2, -0.15) is 0 Å². The van der Waals surface area contributed by atoms with Crippen molar-refractivity contribution >= 4 is 5.78 Å². The number of carbonyl (C=O) groups excluding carboxylic acids is 1. The number of ketones is 1. The van der Waals surface area contributed by atoms with Gasteiger partial charge in [0.1, 0.15) is 122 Å². The van der Waals surface area contributed by atoms with Crippen LogP contribution in [0.2, 0.25) is 0 Å². The summed E-state index contributed by atoms with van der Waals surface area (Å²) in [5, 5.41) is 171. The van der Waals surface area contributed by atoms with E-state index in [1.54, 1.807) is 0 Å². The summed E-state index contributed by atoms with van der Waals surface area (Å²) in [6.45, 7) is 4.86. The Labute approximate surface area is 490 Å². The molecule has 37 atom stereocenters. The van der Waals surface area contributed by atoms with Crippen molar-refractivity contribution in [1.82, 2.24) is 0 Å². The number of Topliss-reactive ketones (excluding diaryl/α,β-unsaturated/α-hetero) is 1. The fourth-order valence-corrected chi connectivity index (χ4v) is 17.1. The van der Waals surface area contributed by atoms with E-state index >= 15 is 4.79 Å². The van der Waals surface area contributed by atoms with Gasteiger partial charge in [0.15, 0.2) is 37.2 Å². The normalized spacial score (nSPS) is 57.2. The Morgan fingerprint density at radius 3 is 1.73 bits per heavy atom. The predicted octanol–water partition coefficient (Wildman–Crippen LogP) is -6.30. The SMILES string of the molecule is C[C@@H]1CO[C@]2(C[C@@H]1O[C@@H]1O[C@H](CO)[C@@H](O)[C@H](O)[C@H]1O)O[C@H]1C[C@H]3[C@@H]4CC[C@H]5C[C@@H](O[C@@H]6O[C@H](CO)[C@H](O[C@@H]7O[C@H](CO)[C@@H](O)[C@H](O[C@@H]8OC[C@@H](O)[C@H](O)[C@H]8O)[C@H]7O[C@@H]7O[C@H](CO)[C@@H](O)[C@H](O)[C@H]7O)[C@H](O)[C@H]6O)CC[C@]5(C)[C@H]4CC(=O)[C@]3(C)[C@H]1[C@@H]2C. The Hall–Kier alpha value is -1.45. The summed E-state index contributed by atoms with van der Waals surface area (Å²) in [6, 6.07) is 0. The van der Waals surface area contributed by atoms with Crippen molar-refractivity contribution in [1.29, 1.82) is 0 Å². The number of aliphatic hydroxyl groups excluding tert-OH is 16. The molecule has 0 radical (unpaired) electrons. The van der Waals surface area contributed by atoms with E-state index in [1.165, 1.54) is 0 Å².